The highest BCUT2D eigenvalue weighted by Crippen LogP contribution is 2.30. The van der Waals surface area contributed by atoms with Gasteiger partial charge in [0, 0.05) is 26.7 Å². The summed E-state index contributed by atoms with van der Waals surface area (Å²) in [6, 6.07) is 16.0. The van der Waals surface area contributed by atoms with Crippen molar-refractivity contribution in [2.24, 2.45) is 0 Å². The van der Waals surface area contributed by atoms with Crippen LogP contribution < -0.4 is 5.73 Å². The molecule has 0 aliphatic carbocycles. The molecular formula is C15H11BrN2S. The van der Waals surface area contributed by atoms with Crippen molar-refractivity contribution in [3.63, 3.8) is 0 Å². The van der Waals surface area contributed by atoms with Gasteiger partial charge in [-0.15, -0.1) is 11.3 Å². The lowest BCUT2D eigenvalue weighted by atomic mass is 10.1. The van der Waals surface area contributed by atoms with Crippen molar-refractivity contribution in [1.29, 1.82) is 0 Å². The van der Waals surface area contributed by atoms with Gasteiger partial charge in [0.25, 0.3) is 0 Å². The molecule has 1 heterocycles. The molecule has 2 N–H and O–H groups in total. The third-order valence-electron chi connectivity index (χ3n) is 2.78. The number of hydrogen-bond donors (Lipinski definition) is 1. The van der Waals surface area contributed by atoms with Crippen LogP contribution in [0.25, 0.3) is 21.8 Å². The van der Waals surface area contributed by atoms with E-state index in [0.717, 1.165) is 32.0 Å². The maximum atomic E-state index is 5.80. The number of nitrogens with zero attached hydrogens (tertiary/aromatic N) is 1. The predicted octanol–water partition coefficient (Wildman–Crippen LogP) is 4.82. The number of aromatic nitrogens is 1. The van der Waals surface area contributed by atoms with Crippen LogP contribution in [-0.4, -0.2) is 4.98 Å². The first-order valence-electron chi connectivity index (χ1n) is 5.80. The molecule has 2 aromatic carbocycles. The minimum atomic E-state index is 0.760. The van der Waals surface area contributed by atoms with Gasteiger partial charge < -0.3 is 5.73 Å². The second kappa shape index (κ2) is 5.15. The van der Waals surface area contributed by atoms with Gasteiger partial charge in [-0.05, 0) is 24.3 Å². The first-order chi connectivity index (χ1) is 9.22. The molecule has 0 aliphatic rings. The Morgan fingerprint density at radius 2 is 1.79 bits per heavy atom. The summed E-state index contributed by atoms with van der Waals surface area (Å²) in [5.41, 5.74) is 9.71. The minimum Gasteiger partial charge on any atom is -0.399 e. The number of thiazole rings is 1. The van der Waals surface area contributed by atoms with Crippen LogP contribution in [0.5, 0.6) is 0 Å². The Hall–Kier alpha value is -1.65. The van der Waals surface area contributed by atoms with Gasteiger partial charge in [-0.25, -0.2) is 4.98 Å². The molecule has 0 radical (unpaired) electrons. The summed E-state index contributed by atoms with van der Waals surface area (Å²) >= 11 is 5.08. The highest BCUT2D eigenvalue weighted by Gasteiger charge is 2.06. The second-order valence-electron chi connectivity index (χ2n) is 4.17. The molecule has 3 aromatic rings. The molecule has 0 amide bonds. The Morgan fingerprint density at radius 3 is 2.53 bits per heavy atom. The molecule has 0 saturated carbocycles. The Labute approximate surface area is 124 Å². The fraction of sp³-hybridized carbons (Fsp3) is 0. The molecule has 94 valence electrons. The Morgan fingerprint density at radius 1 is 1.00 bits per heavy atom. The van der Waals surface area contributed by atoms with E-state index in [2.05, 4.69) is 38.4 Å². The topological polar surface area (TPSA) is 38.9 Å². The molecule has 0 fully saturated rings. The Balaban J connectivity index is 1.97. The van der Waals surface area contributed by atoms with E-state index >= 15 is 0 Å². The molecule has 0 unspecified atom stereocenters. The van der Waals surface area contributed by atoms with Crippen molar-refractivity contribution in [2.45, 2.75) is 0 Å². The number of hydrogen-bond acceptors (Lipinski definition) is 3. The zero-order valence-corrected chi connectivity index (χ0v) is 12.4. The van der Waals surface area contributed by atoms with Crippen LogP contribution in [0.15, 0.2) is 58.4 Å². The fourth-order valence-corrected chi connectivity index (χ4v) is 2.93. The molecule has 1 aromatic heterocycles. The van der Waals surface area contributed by atoms with Gasteiger partial charge in [-0.3, -0.25) is 0 Å². The molecule has 19 heavy (non-hydrogen) atoms. The van der Waals surface area contributed by atoms with Gasteiger partial charge in [0.05, 0.1) is 5.69 Å². The molecule has 4 heteroatoms. The minimum absolute atomic E-state index is 0.760. The molecule has 2 nitrogen and oxygen atoms in total. The largest absolute Gasteiger partial charge is 0.399 e. The van der Waals surface area contributed by atoms with Crippen molar-refractivity contribution in [2.75, 3.05) is 5.73 Å². The number of benzene rings is 2. The normalized spacial score (nSPS) is 10.6. The van der Waals surface area contributed by atoms with E-state index in [9.17, 15) is 0 Å². The van der Waals surface area contributed by atoms with Crippen molar-refractivity contribution < 1.29 is 0 Å². The predicted molar refractivity (Wildman–Crippen MR) is 85.1 cm³/mol. The van der Waals surface area contributed by atoms with Gasteiger partial charge in [0.2, 0.25) is 0 Å². The maximum absolute atomic E-state index is 5.80. The van der Waals surface area contributed by atoms with Crippen molar-refractivity contribution in [3.8, 4) is 21.8 Å². The second-order valence-corrected chi connectivity index (χ2v) is 5.94. The van der Waals surface area contributed by atoms with Crippen LogP contribution in [-0.2, 0) is 0 Å². The smallest absolute Gasteiger partial charge is 0.124 e. The van der Waals surface area contributed by atoms with Crippen LogP contribution in [0.1, 0.15) is 0 Å². The van der Waals surface area contributed by atoms with Crippen LogP contribution >= 0.6 is 27.3 Å². The quantitative estimate of drug-likeness (QED) is 0.684. The number of nitrogen functional groups attached to an aromatic ring is 1. The third-order valence-corrected chi connectivity index (χ3v) is 4.20. The summed E-state index contributed by atoms with van der Waals surface area (Å²) in [5, 5.41) is 3.08. The van der Waals surface area contributed by atoms with E-state index in [1.54, 1.807) is 11.3 Å². The van der Waals surface area contributed by atoms with E-state index in [4.69, 9.17) is 5.73 Å². The lowest BCUT2D eigenvalue weighted by Gasteiger charge is -1.98. The number of rotatable bonds is 2. The number of nitrogens with two attached hydrogens (primary N) is 1. The van der Waals surface area contributed by atoms with E-state index in [1.807, 2.05) is 36.4 Å². The zero-order chi connectivity index (χ0) is 13.2. The van der Waals surface area contributed by atoms with Crippen LogP contribution in [0, 0.1) is 0 Å². The van der Waals surface area contributed by atoms with Gasteiger partial charge in [0.15, 0.2) is 0 Å². The van der Waals surface area contributed by atoms with Gasteiger partial charge in [-0.1, -0.05) is 40.2 Å². The Kier molecular flexibility index (Phi) is 3.36. The summed E-state index contributed by atoms with van der Waals surface area (Å²) in [4.78, 5) is 4.67. The summed E-state index contributed by atoms with van der Waals surface area (Å²) in [6.07, 6.45) is 0. The third kappa shape index (κ3) is 2.69. The molecule has 0 saturated heterocycles. The standard InChI is InChI=1S/C15H11BrN2S/c16-12-6-4-10(5-7-12)15-18-14(9-19-15)11-2-1-3-13(17)8-11/h1-9H,17H2. The van der Waals surface area contributed by atoms with Gasteiger partial charge in [0.1, 0.15) is 5.01 Å². The van der Waals surface area contributed by atoms with Crippen LogP contribution in [0.2, 0.25) is 0 Å². The number of anilines is 1. The first kappa shape index (κ1) is 12.4. The first-order valence-corrected chi connectivity index (χ1v) is 7.47. The van der Waals surface area contributed by atoms with Gasteiger partial charge >= 0.3 is 0 Å². The summed E-state index contributed by atoms with van der Waals surface area (Å²) < 4.78 is 1.07. The monoisotopic (exact) mass is 330 g/mol. The van der Waals surface area contributed by atoms with E-state index in [1.165, 1.54) is 0 Å². The zero-order valence-electron chi connectivity index (χ0n) is 10.0. The van der Waals surface area contributed by atoms with E-state index < -0.39 is 0 Å². The van der Waals surface area contributed by atoms with Crippen LogP contribution in [0.4, 0.5) is 5.69 Å². The fourth-order valence-electron chi connectivity index (χ4n) is 1.83. The summed E-state index contributed by atoms with van der Waals surface area (Å²) in [6.45, 7) is 0. The molecule has 0 aliphatic heterocycles. The molecular weight excluding hydrogens is 320 g/mol. The molecule has 3 rings (SSSR count). The molecule has 0 spiro atoms. The van der Waals surface area contributed by atoms with Crippen molar-refractivity contribution >= 4 is 33.0 Å². The molecule has 0 bridgehead atoms. The van der Waals surface area contributed by atoms with Crippen molar-refractivity contribution in [1.82, 2.24) is 4.98 Å². The average molecular weight is 331 g/mol. The molecule has 0 atom stereocenters. The lowest BCUT2D eigenvalue weighted by molar-refractivity contribution is 1.40. The van der Waals surface area contributed by atoms with Crippen LogP contribution in [0.3, 0.4) is 0 Å². The lowest BCUT2D eigenvalue weighted by Crippen LogP contribution is -1.85. The number of halogens is 1. The Bertz CT molecular complexity index is 704. The van der Waals surface area contributed by atoms with Crippen molar-refractivity contribution in [3.05, 3.63) is 58.4 Å². The highest BCUT2D eigenvalue weighted by atomic mass is 79.9. The summed E-state index contributed by atoms with van der Waals surface area (Å²) in [7, 11) is 0. The maximum Gasteiger partial charge on any atom is 0.124 e. The highest BCUT2D eigenvalue weighted by molar-refractivity contribution is 9.10. The summed E-state index contributed by atoms with van der Waals surface area (Å²) in [5.74, 6) is 0. The average Bonchev–Trinajstić information content (AvgIpc) is 2.89. The SMILES string of the molecule is Nc1cccc(-c2csc(-c3ccc(Br)cc3)n2)c1. The van der Waals surface area contributed by atoms with E-state index in [0.29, 0.717) is 0 Å². The van der Waals surface area contributed by atoms with Gasteiger partial charge in [-0.2, -0.15) is 0 Å². The van der Waals surface area contributed by atoms with E-state index in [-0.39, 0.29) is 0 Å².